The third kappa shape index (κ3) is 2.12. The van der Waals surface area contributed by atoms with Gasteiger partial charge in [0.25, 0.3) is 0 Å². The van der Waals surface area contributed by atoms with Gasteiger partial charge in [0.1, 0.15) is 5.78 Å². The average molecular weight is 472 g/mol. The summed E-state index contributed by atoms with van der Waals surface area (Å²) in [5.74, 6) is -2.19. The summed E-state index contributed by atoms with van der Waals surface area (Å²) in [6, 6.07) is 22.8. The minimum Gasteiger partial charge on any atom is -0.299 e. The van der Waals surface area contributed by atoms with E-state index in [9.17, 15) is 14.4 Å². The third-order valence-electron chi connectivity index (χ3n) is 7.26. The Labute approximate surface area is 188 Å². The van der Waals surface area contributed by atoms with Crippen LogP contribution in [0.2, 0.25) is 0 Å². The number of carbonyl (C=O) groups excluding carboxylic acids is 3. The highest BCUT2D eigenvalue weighted by atomic mass is 79.9. The normalized spacial score (nSPS) is 27.7. The lowest BCUT2D eigenvalue weighted by atomic mass is 9.46. The molecule has 0 saturated carbocycles. The fourth-order valence-corrected chi connectivity index (χ4v) is 6.48. The number of nitrogens with zero attached hydrogens (tertiary/aromatic N) is 1. The molecule has 31 heavy (non-hydrogen) atoms. The van der Waals surface area contributed by atoms with E-state index in [1.165, 1.54) is 4.90 Å². The summed E-state index contributed by atoms with van der Waals surface area (Å²) >= 11 is 3.41. The molecule has 1 aliphatic heterocycles. The molecule has 3 aromatic rings. The van der Waals surface area contributed by atoms with E-state index >= 15 is 0 Å². The Morgan fingerprint density at radius 3 is 1.94 bits per heavy atom. The topological polar surface area (TPSA) is 54.5 Å². The van der Waals surface area contributed by atoms with Crippen LogP contribution in [-0.2, 0) is 19.8 Å². The molecule has 1 fully saturated rings. The number of hydrogen-bond acceptors (Lipinski definition) is 3. The SMILES string of the molecule is CC(=O)C12c3ccccc3C(c3ccccc31)[C@H]1C(=O)N(c3ccc(Br)cc3)C(=O)[C@H]12. The molecule has 0 spiro atoms. The van der Waals surface area contributed by atoms with Crippen molar-refractivity contribution in [1.29, 1.82) is 0 Å². The number of benzene rings is 3. The van der Waals surface area contributed by atoms with E-state index in [0.29, 0.717) is 5.69 Å². The van der Waals surface area contributed by atoms with Gasteiger partial charge in [0.15, 0.2) is 0 Å². The molecule has 2 atom stereocenters. The minimum absolute atomic E-state index is 0.0978. The second-order valence-corrected chi connectivity index (χ2v) is 9.42. The minimum atomic E-state index is -1.15. The van der Waals surface area contributed by atoms with Crippen molar-refractivity contribution < 1.29 is 14.4 Å². The highest BCUT2D eigenvalue weighted by Gasteiger charge is 2.69. The van der Waals surface area contributed by atoms with Crippen LogP contribution in [-0.4, -0.2) is 17.6 Å². The number of ketones is 1. The van der Waals surface area contributed by atoms with Crippen LogP contribution in [0.25, 0.3) is 0 Å². The van der Waals surface area contributed by atoms with Gasteiger partial charge in [-0.05, 0) is 53.4 Å². The van der Waals surface area contributed by atoms with Crippen molar-refractivity contribution in [2.45, 2.75) is 18.3 Å². The third-order valence-corrected chi connectivity index (χ3v) is 7.79. The summed E-state index contributed by atoms with van der Waals surface area (Å²) in [7, 11) is 0. The number of carbonyl (C=O) groups is 3. The van der Waals surface area contributed by atoms with Crippen LogP contribution in [0.5, 0.6) is 0 Å². The summed E-state index contributed by atoms with van der Waals surface area (Å²) in [5.41, 5.74) is 3.09. The van der Waals surface area contributed by atoms with E-state index in [1.54, 1.807) is 19.1 Å². The summed E-state index contributed by atoms with van der Waals surface area (Å²) < 4.78 is 0.868. The molecule has 4 nitrogen and oxygen atoms in total. The molecular weight excluding hydrogens is 454 g/mol. The predicted octanol–water partition coefficient (Wildman–Crippen LogP) is 4.59. The van der Waals surface area contributed by atoms with Crippen molar-refractivity contribution in [2.24, 2.45) is 11.8 Å². The zero-order chi connectivity index (χ0) is 21.5. The molecule has 1 heterocycles. The van der Waals surface area contributed by atoms with Crippen LogP contribution in [0.3, 0.4) is 0 Å². The number of amides is 2. The van der Waals surface area contributed by atoms with Crippen LogP contribution in [0, 0.1) is 11.8 Å². The maximum absolute atomic E-state index is 13.9. The van der Waals surface area contributed by atoms with Gasteiger partial charge in [0, 0.05) is 10.4 Å². The van der Waals surface area contributed by atoms with E-state index in [2.05, 4.69) is 15.9 Å². The van der Waals surface area contributed by atoms with E-state index < -0.39 is 17.3 Å². The van der Waals surface area contributed by atoms with Crippen molar-refractivity contribution in [3.63, 3.8) is 0 Å². The molecular formula is C26H18BrNO3. The molecule has 152 valence electrons. The Kier molecular flexibility index (Phi) is 3.76. The van der Waals surface area contributed by atoms with E-state index in [0.717, 1.165) is 26.7 Å². The molecule has 7 rings (SSSR count). The Bertz CT molecular complexity index is 1250. The molecule has 4 aliphatic rings. The summed E-state index contributed by atoms with van der Waals surface area (Å²) in [4.78, 5) is 42.5. The Hall–Kier alpha value is -3.05. The quantitative estimate of drug-likeness (QED) is 0.513. The molecule has 2 amide bonds. The van der Waals surface area contributed by atoms with Crippen molar-refractivity contribution >= 4 is 39.2 Å². The van der Waals surface area contributed by atoms with Gasteiger partial charge in [-0.25, -0.2) is 4.90 Å². The highest BCUT2D eigenvalue weighted by molar-refractivity contribution is 9.10. The van der Waals surface area contributed by atoms with E-state index in [1.807, 2.05) is 60.7 Å². The maximum Gasteiger partial charge on any atom is 0.239 e. The Morgan fingerprint density at radius 2 is 1.39 bits per heavy atom. The monoisotopic (exact) mass is 471 g/mol. The lowest BCUT2D eigenvalue weighted by Gasteiger charge is -2.52. The van der Waals surface area contributed by atoms with Crippen molar-refractivity contribution in [2.75, 3.05) is 4.90 Å². The molecule has 3 aromatic carbocycles. The molecule has 2 bridgehead atoms. The zero-order valence-corrected chi connectivity index (χ0v) is 18.3. The highest BCUT2D eigenvalue weighted by Crippen LogP contribution is 2.64. The Balaban J connectivity index is 1.67. The fourth-order valence-electron chi connectivity index (χ4n) is 6.21. The number of halogens is 1. The van der Waals surface area contributed by atoms with Crippen LogP contribution in [0.1, 0.15) is 35.1 Å². The van der Waals surface area contributed by atoms with Gasteiger partial charge in [-0.2, -0.15) is 0 Å². The molecule has 0 aromatic heterocycles. The summed E-state index contributed by atoms with van der Waals surface area (Å²) in [6.07, 6.45) is 0. The van der Waals surface area contributed by atoms with E-state index in [-0.39, 0.29) is 23.5 Å². The standard InChI is InChI=1S/C26H18BrNO3/c1-14(29)26-19-8-4-2-6-17(19)21(18-7-3-5-9-20(18)26)22-23(26)25(31)28(24(22)30)16-12-10-15(27)11-13-16/h2-13,21-23H,1H3/t21?,22-,23+,26?/m1/s1. The second kappa shape index (κ2) is 6.24. The maximum atomic E-state index is 13.9. The number of hydrogen-bond donors (Lipinski definition) is 0. The van der Waals surface area contributed by atoms with Gasteiger partial charge in [-0.15, -0.1) is 0 Å². The first kappa shape index (κ1) is 18.7. The van der Waals surface area contributed by atoms with Gasteiger partial charge in [0.2, 0.25) is 11.8 Å². The van der Waals surface area contributed by atoms with Gasteiger partial charge < -0.3 is 0 Å². The first-order chi connectivity index (χ1) is 15.0. The van der Waals surface area contributed by atoms with Crippen molar-refractivity contribution in [3.8, 4) is 0 Å². The van der Waals surface area contributed by atoms with Gasteiger partial charge in [0.05, 0.1) is 22.9 Å². The molecule has 3 aliphatic carbocycles. The van der Waals surface area contributed by atoms with Gasteiger partial charge in [-0.1, -0.05) is 64.5 Å². The Morgan fingerprint density at radius 1 is 0.839 bits per heavy atom. The molecule has 0 radical (unpaired) electrons. The first-order valence-electron chi connectivity index (χ1n) is 10.3. The lowest BCUT2D eigenvalue weighted by molar-refractivity contribution is -0.132. The summed E-state index contributed by atoms with van der Waals surface area (Å²) in [5, 5.41) is 0. The molecule has 1 saturated heterocycles. The van der Waals surface area contributed by atoms with Crippen molar-refractivity contribution in [3.05, 3.63) is 99.5 Å². The van der Waals surface area contributed by atoms with Crippen LogP contribution in [0.4, 0.5) is 5.69 Å². The smallest absolute Gasteiger partial charge is 0.239 e. The van der Waals surface area contributed by atoms with Crippen LogP contribution >= 0.6 is 15.9 Å². The lowest BCUT2D eigenvalue weighted by Crippen LogP contribution is -2.57. The first-order valence-corrected chi connectivity index (χ1v) is 11.1. The van der Waals surface area contributed by atoms with Gasteiger partial charge in [-0.3, -0.25) is 14.4 Å². The second-order valence-electron chi connectivity index (χ2n) is 8.51. The average Bonchev–Trinajstić information content (AvgIpc) is 3.05. The van der Waals surface area contributed by atoms with Crippen LogP contribution in [0.15, 0.2) is 77.3 Å². The molecule has 0 N–H and O–H groups in total. The van der Waals surface area contributed by atoms with Crippen LogP contribution < -0.4 is 4.90 Å². The zero-order valence-electron chi connectivity index (χ0n) is 16.7. The summed E-state index contributed by atoms with van der Waals surface area (Å²) in [6.45, 7) is 1.55. The largest absolute Gasteiger partial charge is 0.299 e. The van der Waals surface area contributed by atoms with E-state index in [4.69, 9.17) is 0 Å². The number of imide groups is 1. The molecule has 0 unspecified atom stereocenters. The predicted molar refractivity (Wildman–Crippen MR) is 120 cm³/mol. The van der Waals surface area contributed by atoms with Gasteiger partial charge >= 0.3 is 0 Å². The fraction of sp³-hybridized carbons (Fsp3) is 0.192. The van der Waals surface area contributed by atoms with Crippen molar-refractivity contribution in [1.82, 2.24) is 0 Å². The molecule has 5 heteroatoms. The number of anilines is 1. The number of rotatable bonds is 2. The number of Topliss-reactive ketones (excluding diaryl/α,β-unsaturated/α-hetero) is 1.